The average Bonchev–Trinajstić information content (AvgIpc) is 2.60. The van der Waals surface area contributed by atoms with Gasteiger partial charge in [0, 0.05) is 6.42 Å². The molecule has 0 spiro atoms. The van der Waals surface area contributed by atoms with Gasteiger partial charge in [-0.3, -0.25) is 14.7 Å². The molecule has 0 saturated carbocycles. The van der Waals surface area contributed by atoms with Crippen molar-refractivity contribution in [1.82, 2.24) is 14.9 Å². The van der Waals surface area contributed by atoms with Crippen LogP contribution in [-0.2, 0) is 11.2 Å². The van der Waals surface area contributed by atoms with E-state index in [9.17, 15) is 9.59 Å². The van der Waals surface area contributed by atoms with Gasteiger partial charge in [-0.1, -0.05) is 0 Å². The second-order valence-electron chi connectivity index (χ2n) is 4.85. The molecule has 0 aliphatic rings. The fraction of sp³-hybridized carbons (Fsp3) is 0.267. The molecule has 132 valence electrons. The minimum atomic E-state index is -1.02. The number of aromatic nitrogens is 3. The molecule has 2 aromatic rings. The summed E-state index contributed by atoms with van der Waals surface area (Å²) in [5, 5.41) is 19.0. The van der Waals surface area contributed by atoms with Crippen molar-refractivity contribution in [2.45, 2.75) is 12.8 Å². The number of rotatable bonds is 7. The van der Waals surface area contributed by atoms with Crippen LogP contribution in [-0.4, -0.2) is 46.4 Å². The van der Waals surface area contributed by atoms with Gasteiger partial charge in [-0.25, -0.2) is 0 Å². The van der Waals surface area contributed by atoms with Crippen LogP contribution < -0.4 is 15.0 Å². The summed E-state index contributed by atoms with van der Waals surface area (Å²) in [5.74, 6) is 0.0545. The minimum absolute atomic E-state index is 0.000742. The fourth-order valence-electron chi connectivity index (χ4n) is 1.98. The van der Waals surface area contributed by atoms with Gasteiger partial charge in [0.1, 0.15) is 5.69 Å². The van der Waals surface area contributed by atoms with Crippen LogP contribution in [0.25, 0.3) is 0 Å². The predicted molar refractivity (Wildman–Crippen MR) is 92.2 cm³/mol. The number of carbonyl (C=O) groups is 1. The summed E-state index contributed by atoms with van der Waals surface area (Å²) in [7, 11) is 3.04. The molecule has 0 amide bonds. The highest BCUT2D eigenvalue weighted by Gasteiger charge is 2.09. The number of ether oxygens (including phenoxy) is 2. The first-order chi connectivity index (χ1) is 12.0. The maximum Gasteiger partial charge on any atom is 0.303 e. The zero-order valence-corrected chi connectivity index (χ0v) is 14.4. The predicted octanol–water partition coefficient (Wildman–Crippen LogP) is 1.22. The molecule has 0 unspecified atom stereocenters. The fourth-order valence-corrected chi connectivity index (χ4v) is 2.15. The molecule has 0 atom stereocenters. The zero-order chi connectivity index (χ0) is 18.4. The van der Waals surface area contributed by atoms with Crippen molar-refractivity contribution >= 4 is 24.4 Å². The van der Waals surface area contributed by atoms with E-state index in [1.165, 1.54) is 20.4 Å². The van der Waals surface area contributed by atoms with E-state index in [1.807, 2.05) is 0 Å². The van der Waals surface area contributed by atoms with E-state index in [-0.39, 0.29) is 23.3 Å². The second kappa shape index (κ2) is 8.20. The lowest BCUT2D eigenvalue weighted by Crippen LogP contribution is -2.25. The summed E-state index contributed by atoms with van der Waals surface area (Å²) >= 11 is 5.01. The van der Waals surface area contributed by atoms with Gasteiger partial charge in [0.2, 0.25) is 4.77 Å². The lowest BCUT2D eigenvalue weighted by molar-refractivity contribution is -0.136. The third-order valence-corrected chi connectivity index (χ3v) is 3.49. The van der Waals surface area contributed by atoms with E-state index in [1.54, 1.807) is 18.2 Å². The summed E-state index contributed by atoms with van der Waals surface area (Å²) in [6.45, 7) is 0. The Morgan fingerprint density at radius 1 is 1.40 bits per heavy atom. The van der Waals surface area contributed by atoms with Crippen molar-refractivity contribution in [3.05, 3.63) is 44.6 Å². The molecule has 1 aromatic carbocycles. The molecule has 0 fully saturated rings. The molecule has 0 radical (unpaired) electrons. The Kier molecular flexibility index (Phi) is 6.01. The number of aliphatic carboxylic acids is 1. The van der Waals surface area contributed by atoms with E-state index in [0.717, 1.165) is 4.68 Å². The Labute approximate surface area is 147 Å². The van der Waals surface area contributed by atoms with Gasteiger partial charge in [-0.05, 0) is 36.0 Å². The maximum atomic E-state index is 12.3. The van der Waals surface area contributed by atoms with Crippen LogP contribution in [0.4, 0.5) is 0 Å². The van der Waals surface area contributed by atoms with Gasteiger partial charge >= 0.3 is 5.97 Å². The second-order valence-corrected chi connectivity index (χ2v) is 5.23. The highest BCUT2D eigenvalue weighted by atomic mass is 32.1. The van der Waals surface area contributed by atoms with Gasteiger partial charge in [-0.2, -0.15) is 14.9 Å². The molecule has 1 heterocycles. The summed E-state index contributed by atoms with van der Waals surface area (Å²) < 4.78 is 11.3. The van der Waals surface area contributed by atoms with Crippen molar-refractivity contribution in [2.75, 3.05) is 14.2 Å². The van der Waals surface area contributed by atoms with Gasteiger partial charge in [0.05, 0.1) is 26.9 Å². The third-order valence-electron chi connectivity index (χ3n) is 3.22. The Morgan fingerprint density at radius 3 is 2.76 bits per heavy atom. The Morgan fingerprint density at radius 2 is 2.12 bits per heavy atom. The van der Waals surface area contributed by atoms with E-state index in [2.05, 4.69) is 15.3 Å². The molecule has 1 aromatic heterocycles. The standard InChI is InChI=1S/C15H16N4O5S/c1-23-11-5-3-9(7-12(11)24-2)8-16-19-14(22)10(4-6-13(20)21)17-18-15(19)25/h3,5,7-8H,4,6H2,1-2H3,(H,18,25)(H,20,21)/b16-8-. The number of H-pyrrole nitrogens is 1. The monoisotopic (exact) mass is 364 g/mol. The van der Waals surface area contributed by atoms with Crippen molar-refractivity contribution in [2.24, 2.45) is 5.10 Å². The maximum absolute atomic E-state index is 12.3. The van der Waals surface area contributed by atoms with Crippen LogP contribution >= 0.6 is 12.2 Å². The van der Waals surface area contributed by atoms with E-state index in [4.69, 9.17) is 26.8 Å². The first kappa shape index (κ1) is 18.3. The van der Waals surface area contributed by atoms with Crippen LogP contribution in [0.5, 0.6) is 11.5 Å². The highest BCUT2D eigenvalue weighted by molar-refractivity contribution is 7.71. The first-order valence-electron chi connectivity index (χ1n) is 7.15. The van der Waals surface area contributed by atoms with E-state index in [0.29, 0.717) is 17.1 Å². The molecule has 10 heteroatoms. The average molecular weight is 364 g/mol. The van der Waals surface area contributed by atoms with Crippen LogP contribution in [0, 0.1) is 4.77 Å². The number of carboxylic acid groups (broad SMARTS) is 1. The number of methoxy groups -OCH3 is 2. The molecule has 0 aliphatic carbocycles. The Hall–Kier alpha value is -3.01. The third kappa shape index (κ3) is 4.51. The van der Waals surface area contributed by atoms with E-state index < -0.39 is 11.5 Å². The van der Waals surface area contributed by atoms with Crippen LogP contribution in [0.2, 0.25) is 0 Å². The SMILES string of the molecule is COc1ccc(/C=N\n2c(=S)[nH]nc(CCC(=O)O)c2=O)cc1OC. The summed E-state index contributed by atoms with van der Waals surface area (Å²) in [4.78, 5) is 22.9. The smallest absolute Gasteiger partial charge is 0.303 e. The minimum Gasteiger partial charge on any atom is -0.493 e. The van der Waals surface area contributed by atoms with Crippen molar-refractivity contribution in [1.29, 1.82) is 0 Å². The molecular formula is C15H16N4O5S. The van der Waals surface area contributed by atoms with Crippen LogP contribution in [0.15, 0.2) is 28.1 Å². The van der Waals surface area contributed by atoms with Crippen molar-refractivity contribution in [3.8, 4) is 11.5 Å². The number of hydrogen-bond acceptors (Lipinski definition) is 7. The number of nitrogens with zero attached hydrogens (tertiary/aromatic N) is 3. The molecule has 2 N–H and O–H groups in total. The lowest BCUT2D eigenvalue weighted by atomic mass is 10.2. The molecule has 0 saturated heterocycles. The largest absolute Gasteiger partial charge is 0.493 e. The number of aromatic amines is 1. The van der Waals surface area contributed by atoms with Crippen molar-refractivity contribution < 1.29 is 19.4 Å². The lowest BCUT2D eigenvalue weighted by Gasteiger charge is -2.07. The summed E-state index contributed by atoms with van der Waals surface area (Å²) in [6.07, 6.45) is 1.19. The quantitative estimate of drug-likeness (QED) is 0.560. The molecular weight excluding hydrogens is 348 g/mol. The van der Waals surface area contributed by atoms with Crippen LogP contribution in [0.1, 0.15) is 17.7 Å². The molecule has 9 nitrogen and oxygen atoms in total. The zero-order valence-electron chi connectivity index (χ0n) is 13.6. The van der Waals surface area contributed by atoms with Crippen molar-refractivity contribution in [3.63, 3.8) is 0 Å². The first-order valence-corrected chi connectivity index (χ1v) is 7.56. The number of benzene rings is 1. The summed E-state index contributed by atoms with van der Waals surface area (Å²) in [6, 6.07) is 5.12. The molecule has 2 rings (SSSR count). The Balaban J connectivity index is 2.35. The summed E-state index contributed by atoms with van der Waals surface area (Å²) in [5.41, 5.74) is 0.130. The van der Waals surface area contributed by atoms with Gasteiger partial charge < -0.3 is 14.6 Å². The molecule has 0 aliphatic heterocycles. The normalized spacial score (nSPS) is 10.8. The van der Waals surface area contributed by atoms with E-state index >= 15 is 0 Å². The topological polar surface area (TPSA) is 119 Å². The van der Waals surface area contributed by atoms with Gasteiger partial charge in [0.15, 0.2) is 11.5 Å². The van der Waals surface area contributed by atoms with Gasteiger partial charge in [-0.15, -0.1) is 0 Å². The van der Waals surface area contributed by atoms with Gasteiger partial charge in [0.25, 0.3) is 5.56 Å². The number of nitrogens with one attached hydrogen (secondary N) is 1. The molecule has 25 heavy (non-hydrogen) atoms. The number of carboxylic acids is 1. The Bertz CT molecular complexity index is 919. The number of aryl methyl sites for hydroxylation is 1. The number of hydrogen-bond donors (Lipinski definition) is 2. The molecule has 0 bridgehead atoms. The highest BCUT2D eigenvalue weighted by Crippen LogP contribution is 2.26. The van der Waals surface area contributed by atoms with Crippen LogP contribution in [0.3, 0.4) is 0 Å².